The molecule has 0 aliphatic carbocycles. The molecule has 0 bridgehead atoms. The maximum Gasteiger partial charge on any atom is 0.268 e. The molecule has 0 saturated carbocycles. The van der Waals surface area contributed by atoms with Gasteiger partial charge in [-0.25, -0.2) is 9.55 Å². The van der Waals surface area contributed by atoms with E-state index in [1.807, 2.05) is 24.3 Å². The number of nitrogens with zero attached hydrogens (tertiary/aromatic N) is 5. The Morgan fingerprint density at radius 3 is 2.53 bits per heavy atom. The number of aromatic nitrogens is 2. The van der Waals surface area contributed by atoms with Crippen LogP contribution in [0.25, 0.3) is 15.9 Å². The first-order valence-corrected chi connectivity index (χ1v) is 11.7. The Kier molecular flexibility index (Phi) is 5.31. The molecule has 0 spiro atoms. The lowest BCUT2D eigenvalue weighted by Gasteiger charge is -2.35. The van der Waals surface area contributed by atoms with Crippen LogP contribution in [0, 0.1) is 0 Å². The van der Waals surface area contributed by atoms with E-state index in [4.69, 9.17) is 16.6 Å². The summed E-state index contributed by atoms with van der Waals surface area (Å²) in [5, 5.41) is 1.46. The summed E-state index contributed by atoms with van der Waals surface area (Å²) in [4.78, 5) is 28.1. The molecule has 1 fully saturated rings. The number of anilines is 1. The largest absolute Gasteiger partial charge is 0.339 e. The molecule has 0 atom stereocenters. The molecule has 2 aliphatic heterocycles. The van der Waals surface area contributed by atoms with Gasteiger partial charge in [0.2, 0.25) is 5.95 Å². The first kappa shape index (κ1) is 20.0. The topological polar surface area (TPSA) is 44.6 Å². The highest BCUT2D eigenvalue weighted by Gasteiger charge is 2.27. The SMILES string of the molecule is CCN1CCN(c2nc3sc4c(c3c(=O)n2-c2ccc(Cl)cc2)CCN(C)C4)CC1. The fourth-order valence-corrected chi connectivity index (χ4v) is 5.87. The van der Waals surface area contributed by atoms with Crippen molar-refractivity contribution in [2.45, 2.75) is 19.9 Å². The molecule has 2 aromatic heterocycles. The van der Waals surface area contributed by atoms with Gasteiger partial charge in [-0.2, -0.15) is 0 Å². The molecule has 1 aromatic carbocycles. The number of rotatable bonds is 3. The number of hydrogen-bond acceptors (Lipinski definition) is 6. The number of benzene rings is 1. The molecule has 30 heavy (non-hydrogen) atoms. The average molecular weight is 444 g/mol. The first-order valence-electron chi connectivity index (χ1n) is 10.5. The van der Waals surface area contributed by atoms with Crippen molar-refractivity contribution in [3.8, 4) is 5.69 Å². The van der Waals surface area contributed by atoms with Gasteiger partial charge in [-0.15, -0.1) is 11.3 Å². The fourth-order valence-electron chi connectivity index (χ4n) is 4.46. The number of halogens is 1. The highest BCUT2D eigenvalue weighted by atomic mass is 35.5. The van der Waals surface area contributed by atoms with Gasteiger partial charge in [0.1, 0.15) is 4.83 Å². The van der Waals surface area contributed by atoms with Crippen molar-refractivity contribution in [1.29, 1.82) is 0 Å². The second-order valence-corrected chi connectivity index (χ2v) is 9.64. The third-order valence-corrected chi connectivity index (χ3v) is 7.60. The van der Waals surface area contributed by atoms with Crippen LogP contribution in [0.5, 0.6) is 0 Å². The van der Waals surface area contributed by atoms with Crippen molar-refractivity contribution in [2.24, 2.45) is 0 Å². The molecule has 5 rings (SSSR count). The predicted molar refractivity (Wildman–Crippen MR) is 125 cm³/mol. The minimum atomic E-state index is 0.0392. The van der Waals surface area contributed by atoms with Crippen LogP contribution in [0.4, 0.5) is 5.95 Å². The summed E-state index contributed by atoms with van der Waals surface area (Å²) >= 11 is 7.81. The molecule has 0 N–H and O–H groups in total. The van der Waals surface area contributed by atoms with Crippen LogP contribution in [0.2, 0.25) is 5.02 Å². The van der Waals surface area contributed by atoms with E-state index in [-0.39, 0.29) is 5.56 Å². The van der Waals surface area contributed by atoms with E-state index < -0.39 is 0 Å². The molecule has 6 nitrogen and oxygen atoms in total. The second-order valence-electron chi connectivity index (χ2n) is 8.12. The Morgan fingerprint density at radius 1 is 1.10 bits per heavy atom. The van der Waals surface area contributed by atoms with E-state index in [9.17, 15) is 4.79 Å². The molecule has 4 heterocycles. The number of hydrogen-bond donors (Lipinski definition) is 0. The van der Waals surface area contributed by atoms with Crippen LogP contribution in [0.1, 0.15) is 17.4 Å². The van der Waals surface area contributed by atoms with Crippen LogP contribution in [-0.2, 0) is 13.0 Å². The van der Waals surface area contributed by atoms with Gasteiger partial charge in [0, 0.05) is 49.2 Å². The molecular formula is C22H26ClN5OS. The van der Waals surface area contributed by atoms with E-state index in [2.05, 4.69) is 28.7 Å². The number of piperazine rings is 1. The molecule has 0 radical (unpaired) electrons. The van der Waals surface area contributed by atoms with Crippen LogP contribution in [-0.4, -0.2) is 65.7 Å². The van der Waals surface area contributed by atoms with Crippen molar-refractivity contribution in [2.75, 3.05) is 51.2 Å². The zero-order chi connectivity index (χ0) is 20.8. The van der Waals surface area contributed by atoms with E-state index >= 15 is 0 Å². The molecule has 2 aliphatic rings. The number of thiophene rings is 1. The third kappa shape index (κ3) is 3.43. The summed E-state index contributed by atoms with van der Waals surface area (Å²) in [6.07, 6.45) is 0.901. The first-order chi connectivity index (χ1) is 14.5. The minimum Gasteiger partial charge on any atom is -0.339 e. The monoisotopic (exact) mass is 443 g/mol. The van der Waals surface area contributed by atoms with E-state index in [0.29, 0.717) is 5.02 Å². The van der Waals surface area contributed by atoms with Crippen LogP contribution in [0.15, 0.2) is 29.1 Å². The maximum atomic E-state index is 13.9. The summed E-state index contributed by atoms with van der Waals surface area (Å²) < 4.78 is 1.80. The number of likely N-dealkylation sites (N-methyl/N-ethyl adjacent to an activating group) is 2. The standard InChI is InChI=1S/C22H26ClN5OS/c1-3-26-10-12-27(13-11-26)22-24-20-19(17-8-9-25(2)14-18(17)30-20)21(29)28(22)16-6-4-15(23)5-7-16/h4-7H,3,8-14H2,1-2H3. The maximum absolute atomic E-state index is 13.9. The zero-order valence-electron chi connectivity index (χ0n) is 17.4. The van der Waals surface area contributed by atoms with Gasteiger partial charge in [-0.3, -0.25) is 4.79 Å². The van der Waals surface area contributed by atoms with Gasteiger partial charge in [-0.1, -0.05) is 18.5 Å². The molecular weight excluding hydrogens is 418 g/mol. The summed E-state index contributed by atoms with van der Waals surface area (Å²) in [5.74, 6) is 0.748. The quantitative estimate of drug-likeness (QED) is 0.621. The Bertz CT molecular complexity index is 1130. The molecule has 158 valence electrons. The van der Waals surface area contributed by atoms with E-state index in [1.165, 1.54) is 10.4 Å². The Hall–Kier alpha value is -1.93. The molecule has 0 unspecified atom stereocenters. The summed E-state index contributed by atoms with van der Waals surface area (Å²) in [6, 6.07) is 7.50. The van der Waals surface area contributed by atoms with Gasteiger partial charge in [0.25, 0.3) is 5.56 Å². The lowest BCUT2D eigenvalue weighted by molar-refractivity contribution is 0.269. The second kappa shape index (κ2) is 7.96. The minimum absolute atomic E-state index is 0.0392. The Labute approximate surface area is 185 Å². The number of fused-ring (bicyclic) bond motifs is 3. The van der Waals surface area contributed by atoms with Crippen molar-refractivity contribution < 1.29 is 0 Å². The molecule has 1 saturated heterocycles. The fraction of sp³-hybridized carbons (Fsp3) is 0.455. The highest BCUT2D eigenvalue weighted by Crippen LogP contribution is 2.34. The van der Waals surface area contributed by atoms with Gasteiger partial charge in [-0.05, 0) is 49.8 Å². The van der Waals surface area contributed by atoms with E-state index in [1.54, 1.807) is 15.9 Å². The van der Waals surface area contributed by atoms with Gasteiger partial charge in [0.15, 0.2) is 0 Å². The van der Waals surface area contributed by atoms with Crippen LogP contribution in [0.3, 0.4) is 0 Å². The molecule has 0 amide bonds. The highest BCUT2D eigenvalue weighted by molar-refractivity contribution is 7.18. The average Bonchev–Trinajstić information content (AvgIpc) is 3.12. The summed E-state index contributed by atoms with van der Waals surface area (Å²) in [5.41, 5.74) is 2.05. The Balaban J connectivity index is 1.70. The van der Waals surface area contributed by atoms with Crippen molar-refractivity contribution >= 4 is 39.1 Å². The molecule has 3 aromatic rings. The smallest absolute Gasteiger partial charge is 0.268 e. The summed E-state index contributed by atoms with van der Waals surface area (Å²) in [6.45, 7) is 8.81. The summed E-state index contributed by atoms with van der Waals surface area (Å²) in [7, 11) is 2.13. The normalized spacial score (nSPS) is 18.2. The van der Waals surface area contributed by atoms with Crippen molar-refractivity contribution in [3.63, 3.8) is 0 Å². The van der Waals surface area contributed by atoms with Crippen molar-refractivity contribution in [1.82, 2.24) is 19.4 Å². The van der Waals surface area contributed by atoms with E-state index in [0.717, 1.165) is 74.1 Å². The van der Waals surface area contributed by atoms with Gasteiger partial charge < -0.3 is 14.7 Å². The Morgan fingerprint density at radius 2 is 1.83 bits per heavy atom. The van der Waals surface area contributed by atoms with Crippen LogP contribution < -0.4 is 10.5 Å². The van der Waals surface area contributed by atoms with Gasteiger partial charge in [0.05, 0.1) is 11.1 Å². The van der Waals surface area contributed by atoms with Crippen molar-refractivity contribution in [3.05, 3.63) is 50.1 Å². The zero-order valence-corrected chi connectivity index (χ0v) is 19.0. The predicted octanol–water partition coefficient (Wildman–Crippen LogP) is 3.23. The lowest BCUT2D eigenvalue weighted by Crippen LogP contribution is -2.48. The lowest BCUT2D eigenvalue weighted by atomic mass is 10.1. The van der Waals surface area contributed by atoms with Gasteiger partial charge >= 0.3 is 0 Å². The molecule has 8 heteroatoms. The third-order valence-electron chi connectivity index (χ3n) is 6.23. The van der Waals surface area contributed by atoms with Crippen LogP contribution >= 0.6 is 22.9 Å².